The van der Waals surface area contributed by atoms with Gasteiger partial charge in [-0.1, -0.05) is 42.5 Å². The molecule has 0 aliphatic carbocycles. The molecule has 3 aromatic carbocycles. The van der Waals surface area contributed by atoms with Crippen LogP contribution < -0.4 is 0 Å². The fraction of sp³-hybridized carbons (Fsp3) is 0. The van der Waals surface area contributed by atoms with E-state index < -0.39 is 0 Å². The number of aromatic hydroxyl groups is 1. The minimum Gasteiger partial charge on any atom is -0.507 e. The van der Waals surface area contributed by atoms with Crippen LogP contribution in [0.2, 0.25) is 0 Å². The van der Waals surface area contributed by atoms with E-state index in [1.807, 2.05) is 30.3 Å². The summed E-state index contributed by atoms with van der Waals surface area (Å²) in [7, 11) is 0. The molecule has 0 saturated heterocycles. The standard InChI is InChI=1S/C16H11FO/c17-12-7-5-11(6-8-12)13-9-10-16(18)15-4-2-1-3-14(13)15/h1-10,18H. The molecule has 0 fully saturated rings. The van der Waals surface area contributed by atoms with Gasteiger partial charge in [0.05, 0.1) is 0 Å². The molecule has 88 valence electrons. The normalized spacial score (nSPS) is 10.7. The third-order valence-corrected chi connectivity index (χ3v) is 3.06. The second-order valence-electron chi connectivity index (χ2n) is 4.18. The predicted octanol–water partition coefficient (Wildman–Crippen LogP) is 4.35. The molecule has 3 aromatic rings. The van der Waals surface area contributed by atoms with Gasteiger partial charge < -0.3 is 5.11 Å². The Bertz CT molecular complexity index is 702. The molecule has 1 nitrogen and oxygen atoms in total. The Morgan fingerprint density at radius 1 is 0.722 bits per heavy atom. The topological polar surface area (TPSA) is 20.2 Å². The molecule has 18 heavy (non-hydrogen) atoms. The van der Waals surface area contributed by atoms with Crippen molar-refractivity contribution in [2.45, 2.75) is 0 Å². The molecule has 1 N–H and O–H groups in total. The molecule has 0 heterocycles. The van der Waals surface area contributed by atoms with E-state index in [0.717, 1.165) is 21.9 Å². The number of phenolic OH excluding ortho intramolecular Hbond substituents is 1. The summed E-state index contributed by atoms with van der Waals surface area (Å²) in [5.41, 5.74) is 1.93. The zero-order chi connectivity index (χ0) is 12.5. The monoisotopic (exact) mass is 238 g/mol. The minimum absolute atomic E-state index is 0.248. The Morgan fingerprint density at radius 2 is 1.39 bits per heavy atom. The van der Waals surface area contributed by atoms with Gasteiger partial charge in [0.25, 0.3) is 0 Å². The van der Waals surface area contributed by atoms with Crippen molar-refractivity contribution >= 4 is 10.8 Å². The van der Waals surface area contributed by atoms with Crippen molar-refractivity contribution in [3.63, 3.8) is 0 Å². The Labute approximate surface area is 104 Å². The van der Waals surface area contributed by atoms with E-state index in [0.29, 0.717) is 0 Å². The first-order valence-corrected chi connectivity index (χ1v) is 5.72. The lowest BCUT2D eigenvalue weighted by Crippen LogP contribution is -1.82. The zero-order valence-electron chi connectivity index (χ0n) is 9.60. The second-order valence-corrected chi connectivity index (χ2v) is 4.18. The maximum atomic E-state index is 12.9. The lowest BCUT2D eigenvalue weighted by atomic mass is 9.98. The molecule has 0 unspecified atom stereocenters. The van der Waals surface area contributed by atoms with Crippen LogP contribution in [0.1, 0.15) is 0 Å². The lowest BCUT2D eigenvalue weighted by Gasteiger charge is -2.08. The van der Waals surface area contributed by atoms with Crippen LogP contribution in [-0.2, 0) is 0 Å². The average molecular weight is 238 g/mol. The van der Waals surface area contributed by atoms with Crippen molar-refractivity contribution in [1.29, 1.82) is 0 Å². The molecule has 0 spiro atoms. The Morgan fingerprint density at radius 3 is 2.11 bits per heavy atom. The summed E-state index contributed by atoms with van der Waals surface area (Å²) in [4.78, 5) is 0. The van der Waals surface area contributed by atoms with Crippen molar-refractivity contribution in [2.24, 2.45) is 0 Å². The average Bonchev–Trinajstić information content (AvgIpc) is 2.41. The summed E-state index contributed by atoms with van der Waals surface area (Å²) in [5, 5.41) is 11.6. The van der Waals surface area contributed by atoms with Crippen LogP contribution in [-0.4, -0.2) is 5.11 Å². The number of phenols is 1. The molecule has 0 aliphatic rings. The number of fused-ring (bicyclic) bond motifs is 1. The molecule has 0 radical (unpaired) electrons. The van der Waals surface area contributed by atoms with Gasteiger partial charge in [0.15, 0.2) is 0 Å². The van der Waals surface area contributed by atoms with Crippen LogP contribution in [0.25, 0.3) is 21.9 Å². The summed E-state index contributed by atoms with van der Waals surface area (Å²) in [6.07, 6.45) is 0. The van der Waals surface area contributed by atoms with E-state index in [2.05, 4.69) is 0 Å². The largest absolute Gasteiger partial charge is 0.507 e. The highest BCUT2D eigenvalue weighted by Crippen LogP contribution is 2.33. The fourth-order valence-corrected chi connectivity index (χ4v) is 2.16. The van der Waals surface area contributed by atoms with E-state index in [9.17, 15) is 9.50 Å². The van der Waals surface area contributed by atoms with Crippen molar-refractivity contribution in [2.75, 3.05) is 0 Å². The summed E-state index contributed by atoms with van der Waals surface area (Å²) in [6.45, 7) is 0. The van der Waals surface area contributed by atoms with Gasteiger partial charge in [0, 0.05) is 5.39 Å². The second kappa shape index (κ2) is 4.15. The third-order valence-electron chi connectivity index (χ3n) is 3.06. The van der Waals surface area contributed by atoms with E-state index in [1.54, 1.807) is 18.2 Å². The molecule has 0 bridgehead atoms. The quantitative estimate of drug-likeness (QED) is 0.668. The van der Waals surface area contributed by atoms with Gasteiger partial charge in [-0.25, -0.2) is 4.39 Å². The minimum atomic E-state index is -0.248. The number of rotatable bonds is 1. The van der Waals surface area contributed by atoms with E-state index >= 15 is 0 Å². The van der Waals surface area contributed by atoms with Gasteiger partial charge in [-0.15, -0.1) is 0 Å². The molecular weight excluding hydrogens is 227 g/mol. The smallest absolute Gasteiger partial charge is 0.123 e. The van der Waals surface area contributed by atoms with Crippen molar-refractivity contribution in [1.82, 2.24) is 0 Å². The van der Waals surface area contributed by atoms with Gasteiger partial charge in [0.1, 0.15) is 11.6 Å². The van der Waals surface area contributed by atoms with Crippen LogP contribution in [0.4, 0.5) is 4.39 Å². The summed E-state index contributed by atoms with van der Waals surface area (Å²) >= 11 is 0. The summed E-state index contributed by atoms with van der Waals surface area (Å²) in [6, 6.07) is 17.5. The molecule has 3 rings (SSSR count). The fourth-order valence-electron chi connectivity index (χ4n) is 2.16. The maximum absolute atomic E-state index is 12.9. The first-order valence-electron chi connectivity index (χ1n) is 5.72. The summed E-state index contributed by atoms with van der Waals surface area (Å²) < 4.78 is 12.9. The zero-order valence-corrected chi connectivity index (χ0v) is 9.60. The SMILES string of the molecule is Oc1ccc(-c2ccc(F)cc2)c2ccccc12. The number of hydrogen-bond donors (Lipinski definition) is 1. The van der Waals surface area contributed by atoms with Gasteiger partial charge in [-0.2, -0.15) is 0 Å². The van der Waals surface area contributed by atoms with E-state index in [1.165, 1.54) is 12.1 Å². The van der Waals surface area contributed by atoms with Crippen LogP contribution in [0, 0.1) is 5.82 Å². The van der Waals surface area contributed by atoms with Crippen molar-refractivity contribution in [3.05, 3.63) is 66.5 Å². The van der Waals surface area contributed by atoms with Gasteiger partial charge in [-0.3, -0.25) is 0 Å². The van der Waals surface area contributed by atoms with Gasteiger partial charge in [-0.05, 0) is 34.7 Å². The Hall–Kier alpha value is -2.35. The van der Waals surface area contributed by atoms with Gasteiger partial charge >= 0.3 is 0 Å². The lowest BCUT2D eigenvalue weighted by molar-refractivity contribution is 0.481. The van der Waals surface area contributed by atoms with Crippen LogP contribution in [0.15, 0.2) is 60.7 Å². The highest BCUT2D eigenvalue weighted by atomic mass is 19.1. The highest BCUT2D eigenvalue weighted by molar-refractivity contribution is 5.99. The maximum Gasteiger partial charge on any atom is 0.123 e. The molecular formula is C16H11FO. The van der Waals surface area contributed by atoms with Crippen LogP contribution in [0.5, 0.6) is 5.75 Å². The first-order chi connectivity index (χ1) is 8.75. The van der Waals surface area contributed by atoms with E-state index in [4.69, 9.17) is 0 Å². The molecule has 0 aromatic heterocycles. The van der Waals surface area contributed by atoms with E-state index in [-0.39, 0.29) is 11.6 Å². The number of halogens is 1. The van der Waals surface area contributed by atoms with Crippen LogP contribution in [0.3, 0.4) is 0 Å². The van der Waals surface area contributed by atoms with Gasteiger partial charge in [0.2, 0.25) is 0 Å². The van der Waals surface area contributed by atoms with Crippen molar-refractivity contribution in [3.8, 4) is 16.9 Å². The molecule has 2 heteroatoms. The Kier molecular flexibility index (Phi) is 2.49. The molecule has 0 atom stereocenters. The number of benzene rings is 3. The summed E-state index contributed by atoms with van der Waals surface area (Å²) in [5.74, 6) is 0.0123. The Balaban J connectivity index is 2.30. The third kappa shape index (κ3) is 1.72. The highest BCUT2D eigenvalue weighted by Gasteiger charge is 2.06. The first kappa shape index (κ1) is 10.8. The van der Waals surface area contributed by atoms with Crippen LogP contribution >= 0.6 is 0 Å². The molecule has 0 aliphatic heterocycles. The van der Waals surface area contributed by atoms with Crippen molar-refractivity contribution < 1.29 is 9.50 Å². The molecule has 0 amide bonds. The predicted molar refractivity (Wildman–Crippen MR) is 71.0 cm³/mol. The number of hydrogen-bond acceptors (Lipinski definition) is 1. The molecule has 0 saturated carbocycles.